The van der Waals surface area contributed by atoms with Crippen molar-refractivity contribution in [2.45, 2.75) is 0 Å². The maximum Gasteiger partial charge on any atom is 0.298 e. The van der Waals surface area contributed by atoms with Crippen LogP contribution in [0.5, 0.6) is 0 Å². The first kappa shape index (κ1) is 19.5. The summed E-state index contributed by atoms with van der Waals surface area (Å²) in [6.45, 7) is 0. The van der Waals surface area contributed by atoms with Gasteiger partial charge in [0.15, 0.2) is 10.9 Å². The third kappa shape index (κ3) is 4.00. The van der Waals surface area contributed by atoms with E-state index in [1.165, 1.54) is 10.7 Å². The number of hydrogen-bond donors (Lipinski definition) is 1. The first-order chi connectivity index (χ1) is 15.0. The summed E-state index contributed by atoms with van der Waals surface area (Å²) in [5, 5.41) is 24.8. The zero-order valence-corrected chi connectivity index (χ0v) is 15.8. The van der Waals surface area contributed by atoms with Gasteiger partial charge < -0.3 is 0 Å². The van der Waals surface area contributed by atoms with Crippen LogP contribution >= 0.6 is 0 Å². The van der Waals surface area contributed by atoms with Gasteiger partial charge in [0, 0.05) is 11.6 Å². The second-order valence-corrected chi connectivity index (χ2v) is 6.26. The molecule has 1 N–H and O–H groups in total. The number of nitrogens with zero attached hydrogens (tertiary/aromatic N) is 5. The minimum Gasteiger partial charge on any atom is -0.258 e. The summed E-state index contributed by atoms with van der Waals surface area (Å²) in [5.74, 6) is 0.249. The molecule has 1 heterocycles. The highest BCUT2D eigenvalue weighted by molar-refractivity contribution is 6.05. The van der Waals surface area contributed by atoms with Crippen molar-refractivity contribution in [2.75, 3.05) is 5.43 Å². The summed E-state index contributed by atoms with van der Waals surface area (Å²) in [4.78, 5) is 30.6. The molecule has 4 rings (SSSR count). The van der Waals surface area contributed by atoms with Crippen LogP contribution in [0.3, 0.4) is 0 Å². The number of aromatic nitrogens is 2. The fourth-order valence-corrected chi connectivity index (χ4v) is 3.06. The Morgan fingerprint density at radius 2 is 1.61 bits per heavy atom. The second-order valence-electron chi connectivity index (χ2n) is 6.26. The molecule has 4 aromatic rings. The van der Waals surface area contributed by atoms with Gasteiger partial charge >= 0.3 is 0 Å². The molecule has 11 heteroatoms. The van der Waals surface area contributed by atoms with E-state index in [2.05, 4.69) is 20.5 Å². The molecular formula is C20H14N6O5. The van der Waals surface area contributed by atoms with Crippen molar-refractivity contribution in [3.05, 3.63) is 105 Å². The van der Waals surface area contributed by atoms with E-state index in [1.54, 1.807) is 72.8 Å². The quantitative estimate of drug-likeness (QED) is 0.218. The van der Waals surface area contributed by atoms with Gasteiger partial charge in [-0.3, -0.25) is 15.5 Å². The molecule has 0 atom stereocenters. The molecule has 0 bridgehead atoms. The van der Waals surface area contributed by atoms with Gasteiger partial charge in [-0.25, -0.2) is 19.8 Å². The lowest BCUT2D eigenvalue weighted by atomic mass is 10.1. The van der Waals surface area contributed by atoms with E-state index in [4.69, 9.17) is 0 Å². The third-order valence-electron chi connectivity index (χ3n) is 4.37. The van der Waals surface area contributed by atoms with Crippen LogP contribution in [0.1, 0.15) is 5.56 Å². The third-order valence-corrected chi connectivity index (χ3v) is 4.37. The number of oxime groups is 1. The zero-order valence-electron chi connectivity index (χ0n) is 15.8. The van der Waals surface area contributed by atoms with Crippen molar-refractivity contribution in [1.29, 1.82) is 0 Å². The lowest BCUT2D eigenvalue weighted by Crippen LogP contribution is -2.25. The molecule has 0 unspecified atom stereocenters. The SMILES string of the molecule is O=[N+]([O-])O/N=C(/Nn1c(-c2ccccc2[N+](=O)[O-])nc2ccccc21)c1ccccc1. The van der Waals surface area contributed by atoms with Gasteiger partial charge in [-0.05, 0) is 30.3 Å². The van der Waals surface area contributed by atoms with Gasteiger partial charge in [0.1, 0.15) is 5.16 Å². The topological polar surface area (TPSA) is 138 Å². The number of amidine groups is 1. The molecule has 11 nitrogen and oxygen atoms in total. The molecule has 0 aliphatic rings. The molecule has 0 saturated heterocycles. The lowest BCUT2D eigenvalue weighted by Gasteiger charge is -2.11. The number of hydrogen-bond acceptors (Lipinski definition) is 7. The van der Waals surface area contributed by atoms with E-state index in [0.717, 1.165) is 0 Å². The fraction of sp³-hybridized carbons (Fsp3) is 0. The Morgan fingerprint density at radius 3 is 2.35 bits per heavy atom. The number of nitro groups is 1. The van der Waals surface area contributed by atoms with Crippen LogP contribution in [0, 0.1) is 20.2 Å². The Morgan fingerprint density at radius 1 is 0.935 bits per heavy atom. The van der Waals surface area contributed by atoms with E-state index in [1.807, 2.05) is 0 Å². The summed E-state index contributed by atoms with van der Waals surface area (Å²) < 4.78 is 1.48. The van der Waals surface area contributed by atoms with E-state index in [-0.39, 0.29) is 22.9 Å². The highest BCUT2D eigenvalue weighted by Crippen LogP contribution is 2.31. The standard InChI is InChI=1S/C20H14N6O5/c27-25(28)17-12-6-4-10-15(17)20-21-16-11-5-7-13-18(16)24(20)22-19(23-31-26(29)30)14-8-2-1-3-9-14/h1-13H,(H,22,23). The Balaban J connectivity index is 1.91. The summed E-state index contributed by atoms with van der Waals surface area (Å²) in [5.41, 5.74) is 4.72. The molecule has 0 radical (unpaired) electrons. The average molecular weight is 418 g/mol. The van der Waals surface area contributed by atoms with Gasteiger partial charge in [-0.15, -0.1) is 0 Å². The summed E-state index contributed by atoms with van der Waals surface area (Å²) in [7, 11) is 0. The molecule has 0 saturated carbocycles. The number of benzene rings is 3. The predicted molar refractivity (Wildman–Crippen MR) is 112 cm³/mol. The van der Waals surface area contributed by atoms with Crippen molar-refractivity contribution < 1.29 is 14.9 Å². The fourth-order valence-electron chi connectivity index (χ4n) is 3.06. The molecule has 1 aromatic heterocycles. The maximum absolute atomic E-state index is 11.6. The van der Waals surface area contributed by atoms with Crippen LogP contribution < -0.4 is 5.43 Å². The Hall–Kier alpha value is -4.80. The summed E-state index contributed by atoms with van der Waals surface area (Å²) in [6.07, 6.45) is 0. The second kappa shape index (κ2) is 8.29. The molecule has 0 aliphatic carbocycles. The van der Waals surface area contributed by atoms with Gasteiger partial charge in [0.05, 0.1) is 21.5 Å². The molecule has 154 valence electrons. The summed E-state index contributed by atoms with van der Waals surface area (Å²) >= 11 is 0. The van der Waals surface area contributed by atoms with Gasteiger partial charge in [0.2, 0.25) is 0 Å². The summed E-state index contributed by atoms with van der Waals surface area (Å²) in [6, 6.07) is 21.8. The number of nitro benzene ring substituents is 1. The number of fused-ring (bicyclic) bond motifs is 1. The molecule has 0 aliphatic heterocycles. The Bertz CT molecular complexity index is 1300. The first-order valence-electron chi connectivity index (χ1n) is 8.98. The van der Waals surface area contributed by atoms with Crippen molar-refractivity contribution >= 4 is 22.6 Å². The highest BCUT2D eigenvalue weighted by atomic mass is 17.0. The van der Waals surface area contributed by atoms with Gasteiger partial charge in [0.25, 0.3) is 11.5 Å². The molecule has 31 heavy (non-hydrogen) atoms. The largest absolute Gasteiger partial charge is 0.298 e. The molecule has 3 aromatic carbocycles. The first-order valence-corrected chi connectivity index (χ1v) is 8.98. The molecule has 0 fully saturated rings. The highest BCUT2D eigenvalue weighted by Gasteiger charge is 2.23. The number of para-hydroxylation sites is 3. The van der Waals surface area contributed by atoms with Crippen molar-refractivity contribution in [2.24, 2.45) is 5.16 Å². The minimum atomic E-state index is -1.04. The Kier molecular flexibility index (Phi) is 5.22. The van der Waals surface area contributed by atoms with E-state index in [9.17, 15) is 20.2 Å². The molecule has 0 spiro atoms. The normalized spacial score (nSPS) is 11.3. The van der Waals surface area contributed by atoms with Crippen molar-refractivity contribution in [1.82, 2.24) is 9.66 Å². The average Bonchev–Trinajstić information content (AvgIpc) is 3.15. The Labute approximate surface area is 174 Å². The van der Waals surface area contributed by atoms with Gasteiger partial charge in [-0.2, -0.15) is 4.94 Å². The van der Waals surface area contributed by atoms with Crippen LogP contribution in [0.15, 0.2) is 84.0 Å². The monoisotopic (exact) mass is 418 g/mol. The molecular weight excluding hydrogens is 404 g/mol. The van der Waals surface area contributed by atoms with Crippen LogP contribution in [0.25, 0.3) is 22.4 Å². The number of imidazole rings is 1. The van der Waals surface area contributed by atoms with Gasteiger partial charge in [-0.1, -0.05) is 42.5 Å². The zero-order chi connectivity index (χ0) is 21.8. The maximum atomic E-state index is 11.6. The van der Waals surface area contributed by atoms with E-state index >= 15 is 0 Å². The van der Waals surface area contributed by atoms with Crippen molar-refractivity contribution in [3.63, 3.8) is 0 Å². The van der Waals surface area contributed by atoms with Crippen LogP contribution in [-0.4, -0.2) is 25.5 Å². The minimum absolute atomic E-state index is 0.0142. The number of nitrogens with one attached hydrogen (secondary N) is 1. The van der Waals surface area contributed by atoms with Crippen LogP contribution in [0.2, 0.25) is 0 Å². The number of rotatable bonds is 6. The van der Waals surface area contributed by atoms with Crippen LogP contribution in [-0.2, 0) is 4.94 Å². The van der Waals surface area contributed by atoms with E-state index in [0.29, 0.717) is 16.6 Å². The smallest absolute Gasteiger partial charge is 0.258 e. The van der Waals surface area contributed by atoms with Crippen molar-refractivity contribution in [3.8, 4) is 11.4 Å². The van der Waals surface area contributed by atoms with Crippen LogP contribution in [0.4, 0.5) is 5.69 Å². The predicted octanol–water partition coefficient (Wildman–Crippen LogP) is 3.73. The molecule has 0 amide bonds. The van der Waals surface area contributed by atoms with E-state index < -0.39 is 10.0 Å². The lowest BCUT2D eigenvalue weighted by molar-refractivity contribution is -0.760.